The van der Waals surface area contributed by atoms with Crippen LogP contribution in [0.15, 0.2) is 61.2 Å². The smallest absolute Gasteiger partial charge is 0.166 e. The van der Waals surface area contributed by atoms with Crippen molar-refractivity contribution in [2.24, 2.45) is 0 Å². The summed E-state index contributed by atoms with van der Waals surface area (Å²) in [5.41, 5.74) is 8.60. The largest absolute Gasteiger partial charge is 0.382 e. The van der Waals surface area contributed by atoms with E-state index in [9.17, 15) is 0 Å². The van der Waals surface area contributed by atoms with Gasteiger partial charge in [0.05, 0.1) is 12.9 Å². The van der Waals surface area contributed by atoms with Gasteiger partial charge in [-0.2, -0.15) is 0 Å². The van der Waals surface area contributed by atoms with Crippen molar-refractivity contribution in [3.63, 3.8) is 0 Å². The van der Waals surface area contributed by atoms with E-state index in [4.69, 9.17) is 5.73 Å². The molecule has 0 amide bonds. The van der Waals surface area contributed by atoms with E-state index >= 15 is 0 Å². The Morgan fingerprint density at radius 3 is 2.65 bits per heavy atom. The van der Waals surface area contributed by atoms with Crippen molar-refractivity contribution in [2.45, 2.75) is 6.54 Å². The SMILES string of the molecule is Nc1ncn(Cc2ccccc2)c2nc(-c3cccnc3)nc1-2. The molecule has 1 aromatic heterocycles. The summed E-state index contributed by atoms with van der Waals surface area (Å²) in [4.78, 5) is 17.5. The molecule has 0 unspecified atom stereocenters. The third kappa shape index (κ3) is 2.50. The maximum absolute atomic E-state index is 5.97. The number of nitrogens with zero attached hydrogens (tertiary/aromatic N) is 5. The maximum Gasteiger partial charge on any atom is 0.166 e. The molecule has 2 aliphatic heterocycles. The molecule has 0 spiro atoms. The fraction of sp³-hybridized carbons (Fsp3) is 0.0588. The molecule has 2 aliphatic rings. The molecule has 3 heterocycles. The van der Waals surface area contributed by atoms with Crippen LogP contribution in [-0.4, -0.2) is 24.5 Å². The predicted molar refractivity (Wildman–Crippen MR) is 87.6 cm³/mol. The Labute approximate surface area is 133 Å². The summed E-state index contributed by atoms with van der Waals surface area (Å²) in [5, 5.41) is 0. The number of anilines is 1. The zero-order valence-corrected chi connectivity index (χ0v) is 12.3. The Kier molecular flexibility index (Phi) is 3.20. The number of rotatable bonds is 3. The van der Waals surface area contributed by atoms with E-state index in [0.29, 0.717) is 23.9 Å². The van der Waals surface area contributed by atoms with Crippen LogP contribution in [0.3, 0.4) is 0 Å². The van der Waals surface area contributed by atoms with Crippen LogP contribution in [0.1, 0.15) is 5.56 Å². The van der Waals surface area contributed by atoms with Gasteiger partial charge in [0, 0.05) is 18.0 Å². The standard InChI is InChI=1S/C17H14N6/c18-15-14-17(22-16(21-14)13-7-4-8-19-9-13)23(11-20-15)10-12-5-2-1-3-6-12/h1-9,11H,10,18H2. The highest BCUT2D eigenvalue weighted by Crippen LogP contribution is 2.28. The molecule has 112 valence electrons. The number of hydrogen-bond acceptors (Lipinski definition) is 5. The number of hydrogen-bond donors (Lipinski definition) is 1. The highest BCUT2D eigenvalue weighted by atomic mass is 15.2. The van der Waals surface area contributed by atoms with Gasteiger partial charge in [-0.1, -0.05) is 30.3 Å². The fourth-order valence-electron chi connectivity index (χ4n) is 2.47. The molecule has 0 fully saturated rings. The molecule has 0 saturated carbocycles. The summed E-state index contributed by atoms with van der Waals surface area (Å²) in [6, 6.07) is 13.9. The van der Waals surface area contributed by atoms with Crippen LogP contribution in [0.2, 0.25) is 0 Å². The van der Waals surface area contributed by atoms with Gasteiger partial charge in [-0.15, -0.1) is 0 Å². The molecular formula is C17H14N6. The van der Waals surface area contributed by atoms with Crippen LogP contribution >= 0.6 is 0 Å². The molecule has 0 aliphatic carbocycles. The summed E-state index contributed by atoms with van der Waals surface area (Å²) in [7, 11) is 0. The minimum atomic E-state index is 0.381. The first-order valence-corrected chi connectivity index (χ1v) is 7.24. The average molecular weight is 302 g/mol. The minimum Gasteiger partial charge on any atom is -0.382 e. The second-order valence-electron chi connectivity index (χ2n) is 5.20. The highest BCUT2D eigenvalue weighted by molar-refractivity contribution is 5.70. The molecule has 0 atom stereocenters. The molecule has 4 rings (SSSR count). The van der Waals surface area contributed by atoms with Gasteiger partial charge < -0.3 is 10.3 Å². The lowest BCUT2D eigenvalue weighted by Gasteiger charge is -2.11. The predicted octanol–water partition coefficient (Wildman–Crippen LogP) is 2.47. The molecule has 6 nitrogen and oxygen atoms in total. The lowest BCUT2D eigenvalue weighted by Crippen LogP contribution is -2.09. The Balaban J connectivity index is 1.81. The first kappa shape index (κ1) is 13.4. The molecule has 2 aromatic rings. The highest BCUT2D eigenvalue weighted by Gasteiger charge is 2.19. The quantitative estimate of drug-likeness (QED) is 0.628. The van der Waals surface area contributed by atoms with Gasteiger partial charge in [-0.25, -0.2) is 15.0 Å². The number of pyridine rings is 1. The number of benzene rings is 1. The van der Waals surface area contributed by atoms with Gasteiger partial charge in [-0.05, 0) is 17.7 Å². The van der Waals surface area contributed by atoms with Crippen LogP contribution in [0.4, 0.5) is 5.82 Å². The molecule has 2 N–H and O–H groups in total. The Morgan fingerprint density at radius 2 is 1.87 bits per heavy atom. The summed E-state index contributed by atoms with van der Waals surface area (Å²) in [6.07, 6.45) is 5.16. The van der Waals surface area contributed by atoms with Gasteiger partial charge in [-0.3, -0.25) is 4.98 Å². The first-order valence-electron chi connectivity index (χ1n) is 7.24. The van der Waals surface area contributed by atoms with Gasteiger partial charge in [0.15, 0.2) is 23.2 Å². The first-order chi connectivity index (χ1) is 11.3. The molecule has 6 heteroatoms. The Morgan fingerprint density at radius 1 is 1.00 bits per heavy atom. The number of nitrogens with two attached hydrogens (primary N) is 1. The number of nitrogen functional groups attached to an aromatic ring is 1. The topological polar surface area (TPSA) is 82.5 Å². The van der Waals surface area contributed by atoms with Gasteiger partial charge in [0.25, 0.3) is 0 Å². The molecule has 1 aromatic carbocycles. The normalized spacial score (nSPS) is 11.0. The van der Waals surface area contributed by atoms with Crippen molar-refractivity contribution in [2.75, 3.05) is 5.73 Å². The minimum absolute atomic E-state index is 0.381. The zero-order chi connectivity index (χ0) is 15.6. The van der Waals surface area contributed by atoms with Gasteiger partial charge >= 0.3 is 0 Å². The lowest BCUT2D eigenvalue weighted by atomic mass is 10.2. The molecule has 0 bridgehead atoms. The van der Waals surface area contributed by atoms with Crippen molar-refractivity contribution in [1.82, 2.24) is 24.5 Å². The van der Waals surface area contributed by atoms with Crippen LogP contribution in [0.5, 0.6) is 0 Å². The Hall–Kier alpha value is -3.28. The molecular weight excluding hydrogens is 288 g/mol. The van der Waals surface area contributed by atoms with Gasteiger partial charge in [0.2, 0.25) is 0 Å². The van der Waals surface area contributed by atoms with Gasteiger partial charge in [0.1, 0.15) is 0 Å². The third-order valence-corrected chi connectivity index (χ3v) is 3.61. The van der Waals surface area contributed by atoms with Crippen molar-refractivity contribution >= 4 is 5.82 Å². The van der Waals surface area contributed by atoms with Crippen LogP contribution < -0.4 is 5.73 Å². The molecule has 23 heavy (non-hydrogen) atoms. The average Bonchev–Trinajstić information content (AvgIpc) is 3.06. The Bertz CT molecular complexity index is 901. The summed E-state index contributed by atoms with van der Waals surface area (Å²) in [5.74, 6) is 1.71. The summed E-state index contributed by atoms with van der Waals surface area (Å²) < 4.78 is 1.95. The monoisotopic (exact) mass is 302 g/mol. The van der Waals surface area contributed by atoms with E-state index in [1.807, 2.05) is 34.9 Å². The van der Waals surface area contributed by atoms with E-state index in [1.54, 1.807) is 18.7 Å². The summed E-state index contributed by atoms with van der Waals surface area (Å²) in [6.45, 7) is 0.662. The van der Waals surface area contributed by atoms with E-state index in [1.165, 1.54) is 0 Å². The van der Waals surface area contributed by atoms with E-state index in [0.717, 1.165) is 17.0 Å². The third-order valence-electron chi connectivity index (χ3n) is 3.61. The second-order valence-corrected chi connectivity index (χ2v) is 5.20. The van der Waals surface area contributed by atoms with E-state index < -0.39 is 0 Å². The summed E-state index contributed by atoms with van der Waals surface area (Å²) >= 11 is 0. The van der Waals surface area contributed by atoms with Crippen molar-refractivity contribution in [3.05, 3.63) is 66.7 Å². The fourth-order valence-corrected chi connectivity index (χ4v) is 2.47. The lowest BCUT2D eigenvalue weighted by molar-refractivity contribution is 0.763. The van der Waals surface area contributed by atoms with Crippen molar-refractivity contribution in [3.8, 4) is 22.9 Å². The number of fused-ring (bicyclic) bond motifs is 1. The molecule has 0 saturated heterocycles. The van der Waals surface area contributed by atoms with E-state index in [2.05, 4.69) is 32.1 Å². The number of imidazole rings is 1. The van der Waals surface area contributed by atoms with Crippen LogP contribution in [-0.2, 0) is 6.54 Å². The van der Waals surface area contributed by atoms with Crippen LogP contribution in [0, 0.1) is 0 Å². The maximum atomic E-state index is 5.97. The second kappa shape index (κ2) is 5.49. The van der Waals surface area contributed by atoms with E-state index in [-0.39, 0.29) is 0 Å². The van der Waals surface area contributed by atoms with Crippen molar-refractivity contribution < 1.29 is 0 Å². The van der Waals surface area contributed by atoms with Crippen molar-refractivity contribution in [1.29, 1.82) is 0 Å². The number of aromatic nitrogens is 5. The van der Waals surface area contributed by atoms with Crippen LogP contribution in [0.25, 0.3) is 22.9 Å². The zero-order valence-electron chi connectivity index (χ0n) is 12.3. The molecule has 0 radical (unpaired) electrons.